The fourth-order valence-corrected chi connectivity index (χ4v) is 6.38. The molecule has 0 fully saturated rings. The van der Waals surface area contributed by atoms with Gasteiger partial charge in [-0.2, -0.15) is 0 Å². The van der Waals surface area contributed by atoms with Crippen LogP contribution in [0.4, 0.5) is 0 Å². The average molecular weight is 734 g/mol. The number of carbonyl (C=O) groups excluding carboxylic acids is 2. The highest BCUT2D eigenvalue weighted by molar-refractivity contribution is 9.10. The van der Waals surface area contributed by atoms with Crippen molar-refractivity contribution in [3.8, 4) is 23.0 Å². The second-order valence-corrected chi connectivity index (χ2v) is 12.4. The van der Waals surface area contributed by atoms with E-state index in [-0.39, 0.29) is 33.3 Å². The van der Waals surface area contributed by atoms with Crippen molar-refractivity contribution in [3.63, 3.8) is 0 Å². The maximum absolute atomic E-state index is 15.3. The molecule has 0 radical (unpaired) electrons. The van der Waals surface area contributed by atoms with Crippen molar-refractivity contribution in [2.24, 2.45) is 0 Å². The predicted octanol–water partition coefficient (Wildman–Crippen LogP) is 8.62. The minimum atomic E-state index is -1.15. The molecule has 0 spiro atoms. The summed E-state index contributed by atoms with van der Waals surface area (Å²) in [5, 5.41) is 0.283. The Balaban J connectivity index is 1.63. The molecule has 1 atom stereocenters. The van der Waals surface area contributed by atoms with E-state index in [0.29, 0.717) is 34.1 Å². The molecular formula is C41H33BrO8. The maximum Gasteiger partial charge on any atom is 0.196 e. The number of hydrogen-bond donors (Lipinski definition) is 0. The Morgan fingerprint density at radius 3 is 1.70 bits per heavy atom. The van der Waals surface area contributed by atoms with Crippen LogP contribution in [-0.2, 0) is 0 Å². The summed E-state index contributed by atoms with van der Waals surface area (Å²) in [4.78, 5) is 43.9. The molecule has 0 aliphatic heterocycles. The van der Waals surface area contributed by atoms with Gasteiger partial charge in [0, 0.05) is 38.7 Å². The highest BCUT2D eigenvalue weighted by atomic mass is 79.9. The molecule has 50 heavy (non-hydrogen) atoms. The smallest absolute Gasteiger partial charge is 0.196 e. The number of carbonyl (C=O) groups is 2. The van der Waals surface area contributed by atoms with Gasteiger partial charge in [-0.05, 0) is 90.0 Å². The Morgan fingerprint density at radius 1 is 0.620 bits per heavy atom. The van der Waals surface area contributed by atoms with Gasteiger partial charge in [0.15, 0.2) is 17.0 Å². The highest BCUT2D eigenvalue weighted by Crippen LogP contribution is 2.42. The molecule has 6 aromatic rings. The summed E-state index contributed by atoms with van der Waals surface area (Å²) in [5.41, 5.74) is 2.18. The molecule has 8 nitrogen and oxygen atoms in total. The fraction of sp³-hybridized carbons (Fsp3) is 0.146. The first-order valence-corrected chi connectivity index (χ1v) is 16.5. The molecule has 0 unspecified atom stereocenters. The third-order valence-corrected chi connectivity index (χ3v) is 9.28. The van der Waals surface area contributed by atoms with Crippen LogP contribution in [0.5, 0.6) is 23.0 Å². The highest BCUT2D eigenvalue weighted by Gasteiger charge is 2.37. The molecule has 0 aliphatic carbocycles. The van der Waals surface area contributed by atoms with E-state index in [9.17, 15) is 9.59 Å². The Hall–Kier alpha value is -5.67. The van der Waals surface area contributed by atoms with E-state index in [4.69, 9.17) is 23.4 Å². The molecule has 5 aromatic carbocycles. The van der Waals surface area contributed by atoms with E-state index in [0.717, 1.165) is 15.6 Å². The first kappa shape index (κ1) is 34.2. The van der Waals surface area contributed by atoms with Gasteiger partial charge in [-0.1, -0.05) is 40.2 Å². The molecule has 6 rings (SSSR count). The van der Waals surface area contributed by atoms with Crippen molar-refractivity contribution in [1.82, 2.24) is 0 Å². The minimum absolute atomic E-state index is 0.127. The molecular weight excluding hydrogens is 700 g/mol. The number of ketones is 2. The lowest BCUT2D eigenvalue weighted by molar-refractivity contribution is 0.0939. The number of Topliss-reactive ketones (excluding diaryl/α,β-unsaturated/α-hetero) is 1. The second kappa shape index (κ2) is 14.8. The zero-order valence-corrected chi connectivity index (χ0v) is 29.4. The summed E-state index contributed by atoms with van der Waals surface area (Å²) >= 11 is 3.42. The quantitative estimate of drug-likeness (QED) is 0.115. The molecule has 0 aliphatic rings. The van der Waals surface area contributed by atoms with E-state index in [1.807, 2.05) is 24.3 Å². The summed E-state index contributed by atoms with van der Waals surface area (Å²) in [7, 11) is 6.17. The van der Waals surface area contributed by atoms with E-state index in [1.54, 1.807) is 99.1 Å². The van der Waals surface area contributed by atoms with Gasteiger partial charge in [0.25, 0.3) is 0 Å². The standard InChI is InChI=1S/C41H33BrO8/c1-46-28-13-7-24(8-14-28)37(25-9-15-29(47-2)16-10-25)38(35-23-50-36-22-31(49-4)18-20-33(36)40(35)44)41(45)32-19-17-30(48-3)21-34(32)39(43)26-5-11-27(42)12-6-26/h5-23,37-38H,1-4H3/t38-/m0/s1. The van der Waals surface area contributed by atoms with Gasteiger partial charge < -0.3 is 23.4 Å². The number of hydrogen-bond acceptors (Lipinski definition) is 8. The van der Waals surface area contributed by atoms with Crippen molar-refractivity contribution in [2.75, 3.05) is 28.4 Å². The monoisotopic (exact) mass is 732 g/mol. The fourth-order valence-electron chi connectivity index (χ4n) is 6.11. The average Bonchev–Trinajstić information content (AvgIpc) is 3.17. The van der Waals surface area contributed by atoms with E-state index in [2.05, 4.69) is 15.9 Å². The zero-order valence-electron chi connectivity index (χ0n) is 27.8. The van der Waals surface area contributed by atoms with Crippen LogP contribution in [0.15, 0.2) is 129 Å². The van der Waals surface area contributed by atoms with Crippen molar-refractivity contribution in [1.29, 1.82) is 0 Å². The Kier molecular flexibility index (Phi) is 10.2. The number of methoxy groups -OCH3 is 4. The van der Waals surface area contributed by atoms with Gasteiger partial charge >= 0.3 is 0 Å². The lowest BCUT2D eigenvalue weighted by Crippen LogP contribution is -2.28. The predicted molar refractivity (Wildman–Crippen MR) is 195 cm³/mol. The van der Waals surface area contributed by atoms with Crippen LogP contribution >= 0.6 is 15.9 Å². The lowest BCUT2D eigenvalue weighted by atomic mass is 9.73. The second-order valence-electron chi connectivity index (χ2n) is 11.5. The molecule has 9 heteroatoms. The SMILES string of the molecule is COc1ccc(C(c2ccc(OC)cc2)[C@@H](C(=O)c2ccc(OC)cc2C(=O)c2ccc(Br)cc2)c2coc3cc(OC)ccc3c2=O)cc1. The van der Waals surface area contributed by atoms with Crippen LogP contribution < -0.4 is 24.4 Å². The first-order valence-electron chi connectivity index (χ1n) is 15.7. The van der Waals surface area contributed by atoms with Crippen molar-refractivity contribution < 1.29 is 33.0 Å². The van der Waals surface area contributed by atoms with E-state index >= 15 is 4.79 Å². The molecule has 252 valence electrons. The first-order chi connectivity index (χ1) is 24.3. The molecule has 0 saturated carbocycles. The number of benzene rings is 5. The number of ether oxygens (including phenoxy) is 4. The summed E-state index contributed by atoms with van der Waals surface area (Å²) < 4.78 is 28.6. The zero-order chi connectivity index (χ0) is 35.4. The van der Waals surface area contributed by atoms with Gasteiger partial charge in [0.1, 0.15) is 28.6 Å². The largest absolute Gasteiger partial charge is 0.497 e. The summed E-state index contributed by atoms with van der Waals surface area (Å²) in [6, 6.07) is 31.2. The van der Waals surface area contributed by atoms with Crippen LogP contribution in [0.3, 0.4) is 0 Å². The summed E-state index contributed by atoms with van der Waals surface area (Å²) in [6.45, 7) is 0. The van der Waals surface area contributed by atoms with E-state index in [1.165, 1.54) is 20.5 Å². The van der Waals surface area contributed by atoms with Crippen LogP contribution in [0.2, 0.25) is 0 Å². The molecule has 0 bridgehead atoms. The molecule has 1 heterocycles. The van der Waals surface area contributed by atoms with Gasteiger partial charge in [0.05, 0.1) is 46.0 Å². The van der Waals surface area contributed by atoms with Crippen molar-refractivity contribution in [3.05, 3.63) is 164 Å². The molecule has 0 saturated heterocycles. The number of fused-ring (bicyclic) bond motifs is 1. The normalized spacial score (nSPS) is 11.6. The van der Waals surface area contributed by atoms with Gasteiger partial charge in [-0.15, -0.1) is 0 Å². The third-order valence-electron chi connectivity index (χ3n) is 8.75. The molecule has 0 amide bonds. The van der Waals surface area contributed by atoms with Crippen LogP contribution in [0, 0.1) is 0 Å². The topological polar surface area (TPSA) is 101 Å². The van der Waals surface area contributed by atoms with Crippen molar-refractivity contribution >= 4 is 38.5 Å². The molecule has 1 aromatic heterocycles. The third kappa shape index (κ3) is 6.77. The van der Waals surface area contributed by atoms with Gasteiger partial charge in [0.2, 0.25) is 0 Å². The number of rotatable bonds is 12. The van der Waals surface area contributed by atoms with Gasteiger partial charge in [-0.25, -0.2) is 0 Å². The van der Waals surface area contributed by atoms with Crippen LogP contribution in [-0.4, -0.2) is 40.0 Å². The van der Waals surface area contributed by atoms with Crippen LogP contribution in [0.1, 0.15) is 54.8 Å². The van der Waals surface area contributed by atoms with Crippen LogP contribution in [0.25, 0.3) is 11.0 Å². The lowest BCUT2D eigenvalue weighted by Gasteiger charge is -2.28. The molecule has 0 N–H and O–H groups in total. The van der Waals surface area contributed by atoms with E-state index < -0.39 is 17.6 Å². The summed E-state index contributed by atoms with van der Waals surface area (Å²) in [5.74, 6) is -0.514. The Labute approximate surface area is 297 Å². The van der Waals surface area contributed by atoms with Gasteiger partial charge in [-0.3, -0.25) is 14.4 Å². The number of halogens is 1. The summed E-state index contributed by atoms with van der Waals surface area (Å²) in [6.07, 6.45) is 1.34. The van der Waals surface area contributed by atoms with Crippen molar-refractivity contribution in [2.45, 2.75) is 11.8 Å². The Bertz CT molecular complexity index is 2170. The Morgan fingerprint density at radius 2 is 1.14 bits per heavy atom. The minimum Gasteiger partial charge on any atom is -0.497 e. The maximum atomic E-state index is 15.3.